The molecule has 1 aromatic carbocycles. The molecule has 0 fully saturated rings. The molecule has 3 rings (SSSR count). The zero-order valence-electron chi connectivity index (χ0n) is 12.3. The molecule has 2 aromatic heterocycles. The van der Waals surface area contributed by atoms with Crippen molar-refractivity contribution in [1.82, 2.24) is 25.4 Å². The van der Waals surface area contributed by atoms with Crippen LogP contribution in [-0.2, 0) is 11.2 Å². The average molecular weight is 347 g/mol. The molecule has 0 aliphatic carbocycles. The standard InChI is InChI=1S/C15H12ClFN6O/c16-11-3-1-9(7-12(11)17)2-4-13(24)20-15-21-14(22-23-15)10-5-6-18-19-8-10/h1,3,5-8H,2,4H2,(H2,20,21,22,23,24). The predicted octanol–water partition coefficient (Wildman–Crippen LogP) is 2.63. The van der Waals surface area contributed by atoms with Crippen LogP contribution in [0.2, 0.25) is 5.02 Å². The Bertz CT molecular complexity index is 854. The fraction of sp³-hybridized carbons (Fsp3) is 0.133. The molecule has 0 radical (unpaired) electrons. The van der Waals surface area contributed by atoms with Gasteiger partial charge in [0.15, 0.2) is 5.82 Å². The number of aromatic amines is 1. The van der Waals surface area contributed by atoms with E-state index in [0.717, 1.165) is 0 Å². The van der Waals surface area contributed by atoms with Crippen LogP contribution in [0.1, 0.15) is 12.0 Å². The van der Waals surface area contributed by atoms with Gasteiger partial charge >= 0.3 is 0 Å². The Morgan fingerprint density at radius 1 is 1.29 bits per heavy atom. The number of nitrogens with zero attached hydrogens (tertiary/aromatic N) is 4. The van der Waals surface area contributed by atoms with Crippen molar-refractivity contribution in [3.63, 3.8) is 0 Å². The van der Waals surface area contributed by atoms with Crippen LogP contribution >= 0.6 is 11.6 Å². The zero-order valence-corrected chi connectivity index (χ0v) is 13.1. The minimum atomic E-state index is -0.501. The van der Waals surface area contributed by atoms with Crippen molar-refractivity contribution in [2.45, 2.75) is 12.8 Å². The van der Waals surface area contributed by atoms with E-state index in [-0.39, 0.29) is 23.3 Å². The van der Waals surface area contributed by atoms with E-state index in [1.54, 1.807) is 12.1 Å². The number of anilines is 1. The minimum Gasteiger partial charge on any atom is -0.293 e. The molecule has 0 aliphatic rings. The van der Waals surface area contributed by atoms with Crippen LogP contribution in [0.5, 0.6) is 0 Å². The molecule has 0 bridgehead atoms. The molecular formula is C15H12ClFN6O. The van der Waals surface area contributed by atoms with Gasteiger partial charge in [0.25, 0.3) is 0 Å². The number of H-pyrrole nitrogens is 1. The molecule has 9 heteroatoms. The Labute approximate surface area is 141 Å². The van der Waals surface area contributed by atoms with Crippen molar-refractivity contribution in [2.24, 2.45) is 0 Å². The Balaban J connectivity index is 1.57. The van der Waals surface area contributed by atoms with Gasteiger partial charge in [0.2, 0.25) is 11.9 Å². The van der Waals surface area contributed by atoms with E-state index in [2.05, 4.69) is 30.7 Å². The highest BCUT2D eigenvalue weighted by Gasteiger charge is 2.10. The molecule has 0 atom stereocenters. The lowest BCUT2D eigenvalue weighted by molar-refractivity contribution is -0.116. The summed E-state index contributed by atoms with van der Waals surface area (Å²) in [6.45, 7) is 0. The van der Waals surface area contributed by atoms with Gasteiger partial charge in [-0.05, 0) is 30.2 Å². The van der Waals surface area contributed by atoms with Gasteiger partial charge in [0.05, 0.1) is 17.4 Å². The third-order valence-corrected chi connectivity index (χ3v) is 3.53. The number of aryl methyl sites for hydroxylation is 1. The quantitative estimate of drug-likeness (QED) is 0.740. The summed E-state index contributed by atoms with van der Waals surface area (Å²) in [5, 5.41) is 16.7. The van der Waals surface area contributed by atoms with Crippen molar-refractivity contribution >= 4 is 23.5 Å². The van der Waals surface area contributed by atoms with E-state index in [1.807, 2.05) is 0 Å². The second-order valence-electron chi connectivity index (χ2n) is 4.94. The van der Waals surface area contributed by atoms with Gasteiger partial charge in [0, 0.05) is 12.0 Å². The fourth-order valence-corrected chi connectivity index (χ4v) is 2.14. The normalized spacial score (nSPS) is 10.6. The summed E-state index contributed by atoms with van der Waals surface area (Å²) in [7, 11) is 0. The predicted molar refractivity (Wildman–Crippen MR) is 85.8 cm³/mol. The summed E-state index contributed by atoms with van der Waals surface area (Å²) in [5.74, 6) is -0.142. The third-order valence-electron chi connectivity index (χ3n) is 3.22. The SMILES string of the molecule is O=C(CCc1ccc(Cl)c(F)c1)Nc1n[nH]c(-c2ccnnc2)n1. The van der Waals surface area contributed by atoms with Gasteiger partial charge in [-0.1, -0.05) is 17.7 Å². The number of hydrogen-bond donors (Lipinski definition) is 2. The summed E-state index contributed by atoms with van der Waals surface area (Å²) < 4.78 is 13.3. The topological polar surface area (TPSA) is 96.5 Å². The average Bonchev–Trinajstić information content (AvgIpc) is 3.05. The van der Waals surface area contributed by atoms with Crippen LogP contribution in [-0.4, -0.2) is 31.3 Å². The first-order valence-electron chi connectivity index (χ1n) is 7.05. The number of aromatic nitrogens is 5. The van der Waals surface area contributed by atoms with E-state index in [1.165, 1.54) is 24.5 Å². The molecular weight excluding hydrogens is 335 g/mol. The van der Waals surface area contributed by atoms with Crippen LogP contribution in [0.4, 0.5) is 10.3 Å². The van der Waals surface area contributed by atoms with Crippen molar-refractivity contribution in [1.29, 1.82) is 0 Å². The highest BCUT2D eigenvalue weighted by Crippen LogP contribution is 2.17. The largest absolute Gasteiger partial charge is 0.293 e. The number of nitrogens with one attached hydrogen (secondary N) is 2. The first-order valence-corrected chi connectivity index (χ1v) is 7.43. The van der Waals surface area contributed by atoms with E-state index < -0.39 is 5.82 Å². The molecule has 7 nitrogen and oxygen atoms in total. The van der Waals surface area contributed by atoms with E-state index >= 15 is 0 Å². The molecule has 0 saturated heterocycles. The van der Waals surface area contributed by atoms with E-state index in [0.29, 0.717) is 23.4 Å². The van der Waals surface area contributed by atoms with Gasteiger partial charge in [-0.3, -0.25) is 15.2 Å². The number of rotatable bonds is 5. The molecule has 0 spiro atoms. The van der Waals surface area contributed by atoms with E-state index in [9.17, 15) is 9.18 Å². The zero-order chi connectivity index (χ0) is 16.9. The Hall–Kier alpha value is -2.87. The van der Waals surface area contributed by atoms with Crippen molar-refractivity contribution < 1.29 is 9.18 Å². The highest BCUT2D eigenvalue weighted by molar-refractivity contribution is 6.30. The van der Waals surface area contributed by atoms with Crippen LogP contribution in [0.15, 0.2) is 36.7 Å². The number of hydrogen-bond acceptors (Lipinski definition) is 5. The maximum atomic E-state index is 13.3. The van der Waals surface area contributed by atoms with Gasteiger partial charge in [0.1, 0.15) is 5.82 Å². The summed E-state index contributed by atoms with van der Waals surface area (Å²) in [6, 6.07) is 6.18. The lowest BCUT2D eigenvalue weighted by Gasteiger charge is -2.03. The van der Waals surface area contributed by atoms with Crippen molar-refractivity contribution in [3.8, 4) is 11.4 Å². The molecule has 2 heterocycles. The van der Waals surface area contributed by atoms with Gasteiger partial charge in [-0.15, -0.1) is 5.10 Å². The first-order chi connectivity index (χ1) is 11.6. The second kappa shape index (κ2) is 7.14. The van der Waals surface area contributed by atoms with Crippen LogP contribution in [0.3, 0.4) is 0 Å². The monoisotopic (exact) mass is 346 g/mol. The van der Waals surface area contributed by atoms with Gasteiger partial charge < -0.3 is 0 Å². The lowest BCUT2D eigenvalue weighted by Crippen LogP contribution is -2.13. The maximum Gasteiger partial charge on any atom is 0.249 e. The molecule has 0 aliphatic heterocycles. The molecule has 0 saturated carbocycles. The lowest BCUT2D eigenvalue weighted by atomic mass is 10.1. The van der Waals surface area contributed by atoms with E-state index in [4.69, 9.17) is 11.6 Å². The van der Waals surface area contributed by atoms with Crippen molar-refractivity contribution in [2.75, 3.05) is 5.32 Å². The number of carbonyl (C=O) groups is 1. The molecule has 122 valence electrons. The third kappa shape index (κ3) is 3.90. The molecule has 1 amide bonds. The summed E-state index contributed by atoms with van der Waals surface area (Å²) in [6.07, 6.45) is 3.61. The van der Waals surface area contributed by atoms with Gasteiger partial charge in [-0.2, -0.15) is 15.2 Å². The van der Waals surface area contributed by atoms with Crippen LogP contribution in [0.25, 0.3) is 11.4 Å². The van der Waals surface area contributed by atoms with Crippen LogP contribution < -0.4 is 5.32 Å². The summed E-state index contributed by atoms with van der Waals surface area (Å²) in [5.41, 5.74) is 1.39. The molecule has 2 N–H and O–H groups in total. The van der Waals surface area contributed by atoms with Crippen molar-refractivity contribution in [3.05, 3.63) is 53.1 Å². The molecule has 3 aromatic rings. The Morgan fingerprint density at radius 2 is 2.17 bits per heavy atom. The maximum absolute atomic E-state index is 13.3. The second-order valence-corrected chi connectivity index (χ2v) is 5.34. The highest BCUT2D eigenvalue weighted by atomic mass is 35.5. The van der Waals surface area contributed by atoms with Gasteiger partial charge in [-0.25, -0.2) is 4.39 Å². The first kappa shape index (κ1) is 16.0. The number of carbonyl (C=O) groups excluding carboxylic acids is 1. The summed E-state index contributed by atoms with van der Waals surface area (Å²) >= 11 is 5.62. The molecule has 24 heavy (non-hydrogen) atoms. The number of halogens is 2. The minimum absolute atomic E-state index is 0.0575. The number of amides is 1. The Kier molecular flexibility index (Phi) is 4.76. The number of benzene rings is 1. The Morgan fingerprint density at radius 3 is 2.92 bits per heavy atom. The summed E-state index contributed by atoms with van der Waals surface area (Å²) in [4.78, 5) is 16.1. The smallest absolute Gasteiger partial charge is 0.249 e. The molecule has 0 unspecified atom stereocenters. The van der Waals surface area contributed by atoms with Crippen LogP contribution in [0, 0.1) is 5.82 Å². The fourth-order valence-electron chi connectivity index (χ4n) is 2.02.